The van der Waals surface area contributed by atoms with Crippen LogP contribution in [0, 0.1) is 11.6 Å². The lowest BCUT2D eigenvalue weighted by Crippen LogP contribution is -2.51. The average Bonchev–Trinajstić information content (AvgIpc) is 2.72. The number of piperazine rings is 2. The summed E-state index contributed by atoms with van der Waals surface area (Å²) in [7, 11) is 0. The Balaban J connectivity index is 1.64. The Kier molecular flexibility index (Phi) is 7.47. The van der Waals surface area contributed by atoms with E-state index in [1.807, 2.05) is 51.3 Å². The summed E-state index contributed by atoms with van der Waals surface area (Å²) in [6.07, 6.45) is -0.787. The Bertz CT molecular complexity index is 828. The molecule has 190 valence electrons. The van der Waals surface area contributed by atoms with E-state index >= 15 is 0 Å². The predicted octanol–water partition coefficient (Wildman–Crippen LogP) is 4.08. The molecule has 0 unspecified atom stereocenters. The van der Waals surface area contributed by atoms with Gasteiger partial charge in [0.1, 0.15) is 22.8 Å². The number of carbonyl (C=O) groups is 2. The molecule has 2 amide bonds. The molecule has 1 aromatic carbocycles. The van der Waals surface area contributed by atoms with Crippen molar-refractivity contribution in [2.75, 3.05) is 62.2 Å². The number of anilines is 2. The molecule has 0 spiro atoms. The highest BCUT2D eigenvalue weighted by Gasteiger charge is 2.30. The van der Waals surface area contributed by atoms with E-state index in [0.29, 0.717) is 63.7 Å². The van der Waals surface area contributed by atoms with Crippen LogP contribution < -0.4 is 9.80 Å². The summed E-state index contributed by atoms with van der Waals surface area (Å²) in [5, 5.41) is 0. The van der Waals surface area contributed by atoms with Crippen LogP contribution in [0.3, 0.4) is 0 Å². The van der Waals surface area contributed by atoms with Crippen molar-refractivity contribution < 1.29 is 27.8 Å². The molecule has 0 N–H and O–H groups in total. The normalized spacial score (nSPS) is 17.6. The lowest BCUT2D eigenvalue weighted by molar-refractivity contribution is 0.0230. The molecule has 0 aliphatic carbocycles. The number of rotatable bonds is 2. The minimum absolute atomic E-state index is 0.301. The molecule has 0 atom stereocenters. The Hall–Kier alpha value is -2.78. The second-order valence-electron chi connectivity index (χ2n) is 10.7. The fourth-order valence-corrected chi connectivity index (χ4v) is 3.92. The molecule has 2 heterocycles. The molecule has 0 saturated carbocycles. The molecule has 34 heavy (non-hydrogen) atoms. The third-order valence-corrected chi connectivity index (χ3v) is 5.56. The van der Waals surface area contributed by atoms with Crippen molar-refractivity contribution in [2.45, 2.75) is 52.7 Å². The molecule has 10 heteroatoms. The molecule has 2 saturated heterocycles. The highest BCUT2D eigenvalue weighted by molar-refractivity contribution is 5.70. The van der Waals surface area contributed by atoms with Crippen molar-refractivity contribution in [3.8, 4) is 0 Å². The molecule has 8 nitrogen and oxygen atoms in total. The van der Waals surface area contributed by atoms with Crippen LogP contribution in [0.15, 0.2) is 12.1 Å². The van der Waals surface area contributed by atoms with Gasteiger partial charge in [-0.2, -0.15) is 0 Å². The summed E-state index contributed by atoms with van der Waals surface area (Å²) < 4.78 is 40.2. The summed E-state index contributed by atoms with van der Waals surface area (Å²) in [6.45, 7) is 14.0. The molecule has 2 aliphatic rings. The fourth-order valence-electron chi connectivity index (χ4n) is 3.92. The number of halogens is 2. The van der Waals surface area contributed by atoms with Gasteiger partial charge in [-0.05, 0) is 47.6 Å². The summed E-state index contributed by atoms with van der Waals surface area (Å²) >= 11 is 0. The first kappa shape index (κ1) is 25.8. The van der Waals surface area contributed by atoms with Crippen molar-refractivity contribution in [2.24, 2.45) is 0 Å². The van der Waals surface area contributed by atoms with Crippen LogP contribution in [-0.2, 0) is 9.47 Å². The van der Waals surface area contributed by atoms with Gasteiger partial charge in [0.2, 0.25) is 0 Å². The second-order valence-corrected chi connectivity index (χ2v) is 10.7. The van der Waals surface area contributed by atoms with Crippen LogP contribution in [0.25, 0.3) is 0 Å². The van der Waals surface area contributed by atoms with E-state index in [9.17, 15) is 18.4 Å². The number of amides is 2. The van der Waals surface area contributed by atoms with Gasteiger partial charge in [-0.25, -0.2) is 18.4 Å². The second kappa shape index (κ2) is 9.84. The van der Waals surface area contributed by atoms with E-state index < -0.39 is 35.0 Å². The smallest absolute Gasteiger partial charge is 0.410 e. The van der Waals surface area contributed by atoms with Gasteiger partial charge in [0.05, 0.1) is 11.4 Å². The van der Waals surface area contributed by atoms with E-state index in [0.717, 1.165) is 6.07 Å². The number of ether oxygens (including phenoxy) is 2. The predicted molar refractivity (Wildman–Crippen MR) is 126 cm³/mol. The Labute approximate surface area is 200 Å². The molecular weight excluding hydrogens is 446 g/mol. The Morgan fingerprint density at radius 1 is 0.647 bits per heavy atom. The van der Waals surface area contributed by atoms with Gasteiger partial charge >= 0.3 is 12.2 Å². The van der Waals surface area contributed by atoms with Crippen molar-refractivity contribution in [1.29, 1.82) is 0 Å². The maximum Gasteiger partial charge on any atom is 0.410 e. The third-order valence-electron chi connectivity index (χ3n) is 5.56. The molecule has 0 radical (unpaired) electrons. The zero-order chi connectivity index (χ0) is 25.3. The van der Waals surface area contributed by atoms with Crippen LogP contribution in [0.1, 0.15) is 41.5 Å². The average molecular weight is 483 g/mol. The molecule has 0 aromatic heterocycles. The van der Waals surface area contributed by atoms with Gasteiger partial charge in [0.25, 0.3) is 0 Å². The highest BCUT2D eigenvalue weighted by atomic mass is 19.1. The summed E-state index contributed by atoms with van der Waals surface area (Å²) in [5.41, 5.74) is -0.566. The number of nitrogens with zero attached hydrogens (tertiary/aromatic N) is 4. The zero-order valence-corrected chi connectivity index (χ0v) is 21.0. The van der Waals surface area contributed by atoms with Crippen molar-refractivity contribution in [3.05, 3.63) is 23.8 Å². The lowest BCUT2D eigenvalue weighted by Gasteiger charge is -2.38. The van der Waals surface area contributed by atoms with Crippen LogP contribution >= 0.6 is 0 Å². The monoisotopic (exact) mass is 482 g/mol. The number of hydrogen-bond acceptors (Lipinski definition) is 6. The number of carbonyl (C=O) groups excluding carboxylic acids is 2. The van der Waals surface area contributed by atoms with Crippen LogP contribution in [0.4, 0.5) is 29.7 Å². The zero-order valence-electron chi connectivity index (χ0n) is 21.0. The minimum atomic E-state index is -0.639. The van der Waals surface area contributed by atoms with Crippen molar-refractivity contribution >= 4 is 23.6 Å². The van der Waals surface area contributed by atoms with Crippen LogP contribution in [-0.4, -0.2) is 85.5 Å². The SMILES string of the molecule is CC(C)(C)OC(=O)N1CCN(c2cc(N3CCN(C(=O)OC(C)(C)C)CC3)c(F)cc2F)CC1. The summed E-state index contributed by atoms with van der Waals surface area (Å²) in [6, 6.07) is 2.43. The molecule has 0 bridgehead atoms. The minimum Gasteiger partial charge on any atom is -0.444 e. The lowest BCUT2D eigenvalue weighted by atomic mass is 10.1. The highest BCUT2D eigenvalue weighted by Crippen LogP contribution is 2.31. The maximum atomic E-state index is 14.7. The van der Waals surface area contributed by atoms with Gasteiger partial charge in [-0.3, -0.25) is 0 Å². The van der Waals surface area contributed by atoms with E-state index in [1.165, 1.54) is 6.07 Å². The largest absolute Gasteiger partial charge is 0.444 e. The first-order valence-corrected chi connectivity index (χ1v) is 11.7. The van der Waals surface area contributed by atoms with Gasteiger partial charge in [0.15, 0.2) is 0 Å². The molecule has 3 rings (SSSR count). The van der Waals surface area contributed by atoms with Gasteiger partial charge in [-0.1, -0.05) is 0 Å². The van der Waals surface area contributed by atoms with E-state index in [1.54, 1.807) is 9.80 Å². The number of benzene rings is 1. The first-order valence-electron chi connectivity index (χ1n) is 11.7. The molecule has 2 fully saturated rings. The number of hydrogen-bond donors (Lipinski definition) is 0. The van der Waals surface area contributed by atoms with Gasteiger partial charge in [-0.15, -0.1) is 0 Å². The van der Waals surface area contributed by atoms with Gasteiger partial charge < -0.3 is 29.1 Å². The quantitative estimate of drug-likeness (QED) is 0.633. The van der Waals surface area contributed by atoms with E-state index in [-0.39, 0.29) is 0 Å². The summed E-state index contributed by atoms with van der Waals surface area (Å²) in [5.74, 6) is -1.28. The van der Waals surface area contributed by atoms with Crippen molar-refractivity contribution in [3.63, 3.8) is 0 Å². The molecule has 1 aromatic rings. The first-order chi connectivity index (χ1) is 15.7. The van der Waals surface area contributed by atoms with Gasteiger partial charge in [0, 0.05) is 58.4 Å². The fraction of sp³-hybridized carbons (Fsp3) is 0.667. The molecule has 2 aliphatic heterocycles. The van der Waals surface area contributed by atoms with Crippen LogP contribution in [0.2, 0.25) is 0 Å². The standard InChI is InChI=1S/C24H36F2N4O4/c1-23(2,3)33-21(31)29-11-7-27(8-12-29)19-16-20(18(26)15-17(19)25)28-9-13-30(14-10-28)22(32)34-24(4,5)6/h15-16H,7-14H2,1-6H3. The van der Waals surface area contributed by atoms with E-state index in [2.05, 4.69) is 0 Å². The van der Waals surface area contributed by atoms with Crippen molar-refractivity contribution in [1.82, 2.24) is 9.80 Å². The summed E-state index contributed by atoms with van der Waals surface area (Å²) in [4.78, 5) is 31.4. The Morgan fingerprint density at radius 2 is 0.971 bits per heavy atom. The topological polar surface area (TPSA) is 65.6 Å². The van der Waals surface area contributed by atoms with E-state index in [4.69, 9.17) is 9.47 Å². The maximum absolute atomic E-state index is 14.7. The third kappa shape index (κ3) is 6.64. The van der Waals surface area contributed by atoms with Crippen LogP contribution in [0.5, 0.6) is 0 Å². The molecular formula is C24H36F2N4O4. The Morgan fingerprint density at radius 3 is 1.26 bits per heavy atom.